The van der Waals surface area contributed by atoms with Gasteiger partial charge in [-0.15, -0.1) is 0 Å². The zero-order valence-electron chi connectivity index (χ0n) is 10.3. The van der Waals surface area contributed by atoms with Gasteiger partial charge < -0.3 is 11.1 Å². The lowest BCUT2D eigenvalue weighted by molar-refractivity contribution is 0.294. The lowest BCUT2D eigenvalue weighted by Gasteiger charge is -2.29. The number of hydrogen-bond acceptors (Lipinski definition) is 3. The molecule has 3 unspecified atom stereocenters. The van der Waals surface area contributed by atoms with Gasteiger partial charge in [0.2, 0.25) is 0 Å². The van der Waals surface area contributed by atoms with Gasteiger partial charge in [-0.25, -0.2) is 4.39 Å². The van der Waals surface area contributed by atoms with E-state index in [4.69, 9.17) is 5.73 Å². The average Bonchev–Trinajstić information content (AvgIpc) is 2.81. The van der Waals surface area contributed by atoms with Crippen molar-refractivity contribution in [3.8, 4) is 0 Å². The number of nitrogens with two attached hydrogens (primary N) is 1. The van der Waals surface area contributed by atoms with Crippen LogP contribution in [-0.4, -0.2) is 24.5 Å². The van der Waals surface area contributed by atoms with Crippen LogP contribution >= 0.6 is 0 Å². The molecule has 0 bridgehead atoms. The van der Waals surface area contributed by atoms with Gasteiger partial charge in [-0.05, 0) is 43.9 Å². The normalized spacial score (nSPS) is 30.6. The van der Waals surface area contributed by atoms with Crippen molar-refractivity contribution >= 4 is 5.84 Å². The lowest BCUT2D eigenvalue weighted by Crippen LogP contribution is -2.41. The second-order valence-corrected chi connectivity index (χ2v) is 5.22. The van der Waals surface area contributed by atoms with Crippen LogP contribution in [0.1, 0.15) is 24.8 Å². The van der Waals surface area contributed by atoms with E-state index in [9.17, 15) is 4.39 Å². The Bertz CT molecular complexity index is 472. The van der Waals surface area contributed by atoms with E-state index in [1.54, 1.807) is 6.07 Å². The Morgan fingerprint density at radius 3 is 3.06 bits per heavy atom. The Morgan fingerprint density at radius 2 is 2.28 bits per heavy atom. The first kappa shape index (κ1) is 11.7. The van der Waals surface area contributed by atoms with Gasteiger partial charge in [-0.1, -0.05) is 12.1 Å². The molecule has 0 saturated heterocycles. The van der Waals surface area contributed by atoms with Crippen LogP contribution in [0.4, 0.5) is 4.39 Å². The van der Waals surface area contributed by atoms with Crippen molar-refractivity contribution in [2.75, 3.05) is 6.54 Å². The number of aliphatic imine (C=N–C) groups is 1. The Balaban J connectivity index is 1.77. The first-order chi connectivity index (χ1) is 8.76. The van der Waals surface area contributed by atoms with E-state index in [0.29, 0.717) is 18.0 Å². The van der Waals surface area contributed by atoms with Crippen molar-refractivity contribution < 1.29 is 4.39 Å². The van der Waals surface area contributed by atoms with Crippen LogP contribution in [0, 0.1) is 11.7 Å². The number of nitrogens with zero attached hydrogens (tertiary/aromatic N) is 1. The fraction of sp³-hybridized carbons (Fsp3) is 0.500. The number of nitrogens with one attached hydrogen (secondary N) is 1. The zero-order valence-corrected chi connectivity index (χ0v) is 10.3. The SMILES string of the molecule is NCC1CCC2N=C(c3cccc(F)c3)NC2C1. The molecule has 4 heteroatoms. The minimum atomic E-state index is -0.216. The molecule has 1 aromatic carbocycles. The van der Waals surface area contributed by atoms with Crippen molar-refractivity contribution in [1.82, 2.24) is 5.32 Å². The van der Waals surface area contributed by atoms with Gasteiger partial charge in [0.15, 0.2) is 0 Å². The predicted molar refractivity (Wildman–Crippen MR) is 70.0 cm³/mol. The Labute approximate surface area is 106 Å². The van der Waals surface area contributed by atoms with E-state index < -0.39 is 0 Å². The minimum Gasteiger partial charge on any atom is -0.365 e. The van der Waals surface area contributed by atoms with E-state index in [1.807, 2.05) is 6.07 Å². The van der Waals surface area contributed by atoms with Crippen molar-refractivity contribution in [3.63, 3.8) is 0 Å². The molecule has 0 spiro atoms. The smallest absolute Gasteiger partial charge is 0.129 e. The lowest BCUT2D eigenvalue weighted by atomic mass is 9.83. The molecule has 0 aromatic heterocycles. The Morgan fingerprint density at radius 1 is 1.39 bits per heavy atom. The Kier molecular flexibility index (Phi) is 3.04. The summed E-state index contributed by atoms with van der Waals surface area (Å²) in [6.45, 7) is 0.750. The minimum absolute atomic E-state index is 0.216. The maximum atomic E-state index is 13.2. The molecule has 1 aromatic rings. The van der Waals surface area contributed by atoms with E-state index in [-0.39, 0.29) is 5.82 Å². The quantitative estimate of drug-likeness (QED) is 0.835. The third-order valence-electron chi connectivity index (χ3n) is 3.97. The molecule has 1 aliphatic heterocycles. The summed E-state index contributed by atoms with van der Waals surface area (Å²) >= 11 is 0. The van der Waals surface area contributed by atoms with Gasteiger partial charge in [0.25, 0.3) is 0 Å². The highest BCUT2D eigenvalue weighted by Crippen LogP contribution is 2.29. The molecular weight excluding hydrogens is 229 g/mol. The average molecular weight is 247 g/mol. The van der Waals surface area contributed by atoms with Crippen LogP contribution in [0.25, 0.3) is 0 Å². The monoisotopic (exact) mass is 247 g/mol. The molecule has 3 nitrogen and oxygen atoms in total. The molecule has 3 N–H and O–H groups in total. The van der Waals surface area contributed by atoms with Crippen LogP contribution < -0.4 is 11.1 Å². The molecule has 1 aliphatic carbocycles. The first-order valence-corrected chi connectivity index (χ1v) is 6.56. The highest BCUT2D eigenvalue weighted by molar-refractivity contribution is 6.00. The molecule has 1 fully saturated rings. The Hall–Kier alpha value is -1.42. The molecule has 1 heterocycles. The van der Waals surface area contributed by atoms with E-state index in [2.05, 4.69) is 10.3 Å². The molecule has 0 amide bonds. The number of amidine groups is 1. The fourth-order valence-electron chi connectivity index (χ4n) is 2.94. The van der Waals surface area contributed by atoms with E-state index in [1.165, 1.54) is 12.1 Å². The summed E-state index contributed by atoms with van der Waals surface area (Å²) in [7, 11) is 0. The molecule has 1 saturated carbocycles. The highest BCUT2D eigenvalue weighted by Gasteiger charge is 2.34. The molecular formula is C14H18FN3. The van der Waals surface area contributed by atoms with Crippen LogP contribution in [-0.2, 0) is 0 Å². The topological polar surface area (TPSA) is 50.4 Å². The predicted octanol–water partition coefficient (Wildman–Crippen LogP) is 1.67. The molecule has 96 valence electrons. The van der Waals surface area contributed by atoms with Crippen LogP contribution in [0.5, 0.6) is 0 Å². The van der Waals surface area contributed by atoms with Crippen LogP contribution in [0.15, 0.2) is 29.3 Å². The van der Waals surface area contributed by atoms with Gasteiger partial charge in [-0.3, -0.25) is 4.99 Å². The summed E-state index contributed by atoms with van der Waals surface area (Å²) in [6, 6.07) is 7.32. The largest absolute Gasteiger partial charge is 0.365 e. The third-order valence-corrected chi connectivity index (χ3v) is 3.97. The summed E-state index contributed by atoms with van der Waals surface area (Å²) < 4.78 is 13.2. The van der Waals surface area contributed by atoms with E-state index in [0.717, 1.165) is 37.2 Å². The van der Waals surface area contributed by atoms with Crippen molar-refractivity contribution in [2.45, 2.75) is 31.3 Å². The maximum absolute atomic E-state index is 13.2. The number of halogens is 1. The van der Waals surface area contributed by atoms with E-state index >= 15 is 0 Å². The molecule has 3 atom stereocenters. The van der Waals surface area contributed by atoms with Gasteiger partial charge in [-0.2, -0.15) is 0 Å². The second-order valence-electron chi connectivity index (χ2n) is 5.22. The summed E-state index contributed by atoms with van der Waals surface area (Å²) in [6.07, 6.45) is 3.31. The number of hydrogen-bond donors (Lipinski definition) is 2. The summed E-state index contributed by atoms with van der Waals surface area (Å²) in [5, 5.41) is 3.43. The summed E-state index contributed by atoms with van der Waals surface area (Å²) in [5.74, 6) is 1.22. The number of benzene rings is 1. The molecule has 3 rings (SSSR count). The fourth-order valence-corrected chi connectivity index (χ4v) is 2.94. The van der Waals surface area contributed by atoms with Gasteiger partial charge in [0.05, 0.1) is 12.1 Å². The first-order valence-electron chi connectivity index (χ1n) is 6.56. The number of fused-ring (bicyclic) bond motifs is 1. The number of rotatable bonds is 2. The van der Waals surface area contributed by atoms with Crippen molar-refractivity contribution in [3.05, 3.63) is 35.6 Å². The standard InChI is InChI=1S/C14H18FN3/c15-11-3-1-2-10(7-11)14-17-12-5-4-9(8-16)6-13(12)18-14/h1-3,7,9,12-13H,4-6,8,16H2,(H,17,18). The van der Waals surface area contributed by atoms with Crippen LogP contribution in [0.3, 0.4) is 0 Å². The zero-order chi connectivity index (χ0) is 12.5. The second kappa shape index (κ2) is 4.69. The van der Waals surface area contributed by atoms with Gasteiger partial charge in [0.1, 0.15) is 11.7 Å². The van der Waals surface area contributed by atoms with Crippen molar-refractivity contribution in [1.29, 1.82) is 0 Å². The van der Waals surface area contributed by atoms with Gasteiger partial charge >= 0.3 is 0 Å². The summed E-state index contributed by atoms with van der Waals surface area (Å²) in [5.41, 5.74) is 6.58. The highest BCUT2D eigenvalue weighted by atomic mass is 19.1. The van der Waals surface area contributed by atoms with Crippen molar-refractivity contribution in [2.24, 2.45) is 16.6 Å². The van der Waals surface area contributed by atoms with Gasteiger partial charge in [0, 0.05) is 5.56 Å². The molecule has 0 radical (unpaired) electrons. The molecule has 18 heavy (non-hydrogen) atoms. The van der Waals surface area contributed by atoms with Crippen LogP contribution in [0.2, 0.25) is 0 Å². The summed E-state index contributed by atoms with van der Waals surface area (Å²) in [4.78, 5) is 4.69. The molecule has 2 aliphatic rings. The third kappa shape index (κ3) is 2.12. The maximum Gasteiger partial charge on any atom is 0.129 e.